The van der Waals surface area contributed by atoms with Crippen LogP contribution in [-0.4, -0.2) is 35.3 Å². The van der Waals surface area contributed by atoms with E-state index < -0.39 is 0 Å². The molecule has 1 unspecified atom stereocenters. The van der Waals surface area contributed by atoms with E-state index in [2.05, 4.69) is 18.3 Å². The number of aliphatic hydroxyl groups is 1. The summed E-state index contributed by atoms with van der Waals surface area (Å²) in [6.07, 6.45) is 5.12. The van der Waals surface area contributed by atoms with Gasteiger partial charge in [-0.2, -0.15) is 17.0 Å². The van der Waals surface area contributed by atoms with Crippen molar-refractivity contribution in [2.24, 2.45) is 0 Å². The maximum absolute atomic E-state index is 9.14. The normalized spacial score (nSPS) is 14.2. The lowest BCUT2D eigenvalue weighted by atomic mass is 9.96. The monoisotopic (exact) mass is 258 g/mol. The van der Waals surface area contributed by atoms with Gasteiger partial charge in [-0.05, 0) is 57.1 Å². The van der Waals surface area contributed by atoms with E-state index >= 15 is 0 Å². The molecule has 4 heteroatoms. The van der Waals surface area contributed by atoms with Crippen LogP contribution in [0.3, 0.4) is 0 Å². The number of nitrogens with one attached hydrogen (secondary N) is 1. The highest BCUT2D eigenvalue weighted by molar-refractivity contribution is 7.99. The molecule has 0 aliphatic carbocycles. The van der Waals surface area contributed by atoms with Crippen LogP contribution in [0, 0.1) is 11.3 Å². The molecule has 0 heterocycles. The zero-order chi connectivity index (χ0) is 13.0. The Morgan fingerprint density at radius 1 is 1.29 bits per heavy atom. The number of hydrogen-bond donors (Lipinski definition) is 2. The molecule has 0 aliphatic heterocycles. The van der Waals surface area contributed by atoms with Gasteiger partial charge in [-0.3, -0.25) is 5.32 Å². The lowest BCUT2D eigenvalue weighted by molar-refractivity contribution is 0.296. The first-order valence-electron chi connectivity index (χ1n) is 6.53. The summed E-state index contributed by atoms with van der Waals surface area (Å²) in [6, 6.07) is 2.37. The quantitative estimate of drug-likeness (QED) is 0.559. The third-order valence-corrected chi connectivity index (χ3v) is 3.83. The van der Waals surface area contributed by atoms with Gasteiger partial charge in [0.1, 0.15) is 5.54 Å². The summed E-state index contributed by atoms with van der Waals surface area (Å²) in [5.41, 5.74) is -0.355. The van der Waals surface area contributed by atoms with Gasteiger partial charge in [0.25, 0.3) is 0 Å². The number of thioether (sulfide) groups is 1. The zero-order valence-corrected chi connectivity index (χ0v) is 12.0. The van der Waals surface area contributed by atoms with Gasteiger partial charge in [-0.1, -0.05) is 6.92 Å². The lowest BCUT2D eigenvalue weighted by Crippen LogP contribution is -2.41. The van der Waals surface area contributed by atoms with E-state index in [1.807, 2.05) is 18.7 Å². The van der Waals surface area contributed by atoms with E-state index in [0.29, 0.717) is 6.61 Å². The maximum Gasteiger partial charge on any atom is 0.103 e. The van der Waals surface area contributed by atoms with Crippen LogP contribution in [0.25, 0.3) is 0 Å². The summed E-state index contributed by atoms with van der Waals surface area (Å²) < 4.78 is 0. The molecule has 0 saturated heterocycles. The number of hydrogen-bond acceptors (Lipinski definition) is 4. The molecule has 0 amide bonds. The summed E-state index contributed by atoms with van der Waals surface area (Å²) in [7, 11) is 0. The number of nitrogens with zero attached hydrogens (tertiary/aromatic N) is 1. The molecule has 0 aromatic carbocycles. The first-order valence-corrected chi connectivity index (χ1v) is 7.69. The van der Waals surface area contributed by atoms with Gasteiger partial charge in [-0.25, -0.2) is 0 Å². The molecule has 1 atom stereocenters. The van der Waals surface area contributed by atoms with Gasteiger partial charge in [0.15, 0.2) is 0 Å². The fourth-order valence-electron chi connectivity index (χ4n) is 1.54. The minimum atomic E-state index is -0.355. The maximum atomic E-state index is 9.14. The molecule has 0 aromatic rings. The molecule has 0 aromatic heterocycles. The molecule has 17 heavy (non-hydrogen) atoms. The number of aliphatic hydroxyl groups excluding tert-OH is 1. The highest BCUT2D eigenvalue weighted by Crippen LogP contribution is 2.15. The van der Waals surface area contributed by atoms with E-state index in [1.165, 1.54) is 0 Å². The van der Waals surface area contributed by atoms with Crippen molar-refractivity contribution in [3.05, 3.63) is 0 Å². The number of rotatable bonds is 11. The molecule has 0 aliphatic rings. The summed E-state index contributed by atoms with van der Waals surface area (Å²) in [6.45, 7) is 5.31. The van der Waals surface area contributed by atoms with Crippen molar-refractivity contribution in [1.29, 1.82) is 5.26 Å². The van der Waals surface area contributed by atoms with Crippen LogP contribution in [0.5, 0.6) is 0 Å². The summed E-state index contributed by atoms with van der Waals surface area (Å²) in [5, 5.41) is 21.1. The SMILES string of the molecule is CCCNC(C)(C#N)CCCCSCCCO. The Balaban J connectivity index is 3.53. The largest absolute Gasteiger partial charge is 0.396 e. The Kier molecular flexibility index (Phi) is 10.7. The van der Waals surface area contributed by atoms with Gasteiger partial charge in [0.05, 0.1) is 6.07 Å². The molecule has 0 saturated carbocycles. The molecule has 0 fully saturated rings. The van der Waals surface area contributed by atoms with E-state index in [0.717, 1.165) is 50.2 Å². The van der Waals surface area contributed by atoms with Crippen LogP contribution in [0.15, 0.2) is 0 Å². The van der Waals surface area contributed by atoms with Crippen LogP contribution in [0.4, 0.5) is 0 Å². The molecule has 0 spiro atoms. The second-order valence-electron chi connectivity index (χ2n) is 4.52. The fraction of sp³-hybridized carbons (Fsp3) is 0.923. The van der Waals surface area contributed by atoms with Crippen molar-refractivity contribution in [3.63, 3.8) is 0 Å². The van der Waals surface area contributed by atoms with Crippen LogP contribution < -0.4 is 5.32 Å². The predicted molar refractivity (Wildman–Crippen MR) is 75.2 cm³/mol. The van der Waals surface area contributed by atoms with Gasteiger partial charge in [0, 0.05) is 6.61 Å². The highest BCUT2D eigenvalue weighted by atomic mass is 32.2. The molecular weight excluding hydrogens is 232 g/mol. The lowest BCUT2D eigenvalue weighted by Gasteiger charge is -2.22. The molecule has 0 rings (SSSR count). The van der Waals surface area contributed by atoms with Crippen molar-refractivity contribution in [3.8, 4) is 6.07 Å². The minimum Gasteiger partial charge on any atom is -0.396 e. The summed E-state index contributed by atoms with van der Waals surface area (Å²) in [5.74, 6) is 2.18. The predicted octanol–water partition coefficient (Wildman–Crippen LogP) is 2.55. The smallest absolute Gasteiger partial charge is 0.103 e. The average molecular weight is 258 g/mol. The van der Waals surface area contributed by atoms with Crippen LogP contribution in [0.1, 0.15) is 46.0 Å². The summed E-state index contributed by atoms with van der Waals surface area (Å²) >= 11 is 1.89. The highest BCUT2D eigenvalue weighted by Gasteiger charge is 2.21. The molecular formula is C13H26N2OS. The van der Waals surface area contributed by atoms with Crippen molar-refractivity contribution in [2.45, 2.75) is 51.5 Å². The third-order valence-electron chi connectivity index (χ3n) is 2.67. The van der Waals surface area contributed by atoms with Gasteiger partial charge >= 0.3 is 0 Å². The molecule has 0 radical (unpaired) electrons. The Morgan fingerprint density at radius 3 is 2.59 bits per heavy atom. The molecule has 3 nitrogen and oxygen atoms in total. The zero-order valence-electron chi connectivity index (χ0n) is 11.2. The second-order valence-corrected chi connectivity index (χ2v) is 5.74. The van der Waals surface area contributed by atoms with Crippen molar-refractivity contribution < 1.29 is 5.11 Å². The Morgan fingerprint density at radius 2 is 2.00 bits per heavy atom. The second kappa shape index (κ2) is 10.9. The topological polar surface area (TPSA) is 56.0 Å². The van der Waals surface area contributed by atoms with Gasteiger partial charge in [-0.15, -0.1) is 0 Å². The Bertz CT molecular complexity index is 218. The van der Waals surface area contributed by atoms with Crippen LogP contribution in [0.2, 0.25) is 0 Å². The van der Waals surface area contributed by atoms with Crippen molar-refractivity contribution in [1.82, 2.24) is 5.32 Å². The Hall–Kier alpha value is -0.240. The van der Waals surface area contributed by atoms with Gasteiger partial charge in [0.2, 0.25) is 0 Å². The first kappa shape index (κ1) is 16.8. The van der Waals surface area contributed by atoms with Crippen LogP contribution in [-0.2, 0) is 0 Å². The molecule has 0 bridgehead atoms. The van der Waals surface area contributed by atoms with Crippen molar-refractivity contribution >= 4 is 11.8 Å². The van der Waals surface area contributed by atoms with Gasteiger partial charge < -0.3 is 5.11 Å². The Labute approximate surface area is 110 Å². The average Bonchev–Trinajstić information content (AvgIpc) is 2.35. The van der Waals surface area contributed by atoms with Crippen molar-refractivity contribution in [2.75, 3.05) is 24.7 Å². The molecule has 100 valence electrons. The van der Waals surface area contributed by atoms with E-state index in [-0.39, 0.29) is 5.54 Å². The third kappa shape index (κ3) is 9.46. The van der Waals surface area contributed by atoms with E-state index in [9.17, 15) is 0 Å². The number of unbranched alkanes of at least 4 members (excludes halogenated alkanes) is 1. The fourth-order valence-corrected chi connectivity index (χ4v) is 2.48. The van der Waals surface area contributed by atoms with E-state index in [1.54, 1.807) is 0 Å². The summed E-state index contributed by atoms with van der Waals surface area (Å²) in [4.78, 5) is 0. The minimum absolute atomic E-state index is 0.292. The standard InChI is InChI=1S/C13H26N2OS/c1-3-8-15-13(2,12-14)7-4-5-10-17-11-6-9-16/h15-16H,3-11H2,1-2H3. The molecule has 2 N–H and O–H groups in total. The number of nitriles is 1. The first-order chi connectivity index (χ1) is 8.18. The van der Waals surface area contributed by atoms with Crippen LogP contribution >= 0.6 is 11.8 Å². The van der Waals surface area contributed by atoms with E-state index in [4.69, 9.17) is 10.4 Å².